The van der Waals surface area contributed by atoms with E-state index in [9.17, 15) is 13.2 Å². The smallest absolute Gasteiger partial charge is 0.267 e. The quantitative estimate of drug-likeness (QED) is 0.226. The van der Waals surface area contributed by atoms with E-state index in [0.29, 0.717) is 16.8 Å². The average Bonchev–Trinajstić information content (AvgIpc) is 3.42. The molecule has 0 saturated carbocycles. The molecule has 3 aromatic carbocycles. The minimum Gasteiger partial charge on any atom is -0.267 e. The maximum absolute atomic E-state index is 13.2. The van der Waals surface area contributed by atoms with Gasteiger partial charge in [0.15, 0.2) is 5.03 Å². The van der Waals surface area contributed by atoms with Crippen LogP contribution in [0, 0.1) is 18.8 Å². The van der Waals surface area contributed by atoms with Gasteiger partial charge >= 0.3 is 0 Å². The van der Waals surface area contributed by atoms with Crippen molar-refractivity contribution in [2.45, 2.75) is 43.0 Å². The third-order valence-electron chi connectivity index (χ3n) is 6.49. The van der Waals surface area contributed by atoms with Gasteiger partial charge in [0, 0.05) is 39.8 Å². The van der Waals surface area contributed by atoms with Gasteiger partial charge in [-0.15, -0.1) is 5.10 Å². The molecule has 5 rings (SSSR count). The number of para-hydroxylation sites is 1. The normalized spacial score (nSPS) is 11.5. The van der Waals surface area contributed by atoms with Gasteiger partial charge in [0.05, 0.1) is 16.1 Å². The maximum Gasteiger partial charge on any atom is 0.270 e. The van der Waals surface area contributed by atoms with Crippen LogP contribution in [0.25, 0.3) is 10.9 Å². The van der Waals surface area contributed by atoms with Crippen molar-refractivity contribution in [2.24, 2.45) is 0 Å². The largest absolute Gasteiger partial charge is 0.270 e. The van der Waals surface area contributed by atoms with Crippen molar-refractivity contribution in [3.05, 3.63) is 119 Å². The Kier molecular flexibility index (Phi) is 7.35. The highest BCUT2D eigenvalue weighted by atomic mass is 32.2. The zero-order valence-electron chi connectivity index (χ0n) is 23.1. The fourth-order valence-corrected chi connectivity index (χ4v) is 5.40. The van der Waals surface area contributed by atoms with Gasteiger partial charge in [-0.05, 0) is 48.9 Å². The number of hydrogen-bond donors (Lipinski definition) is 2. The van der Waals surface area contributed by atoms with Crippen molar-refractivity contribution in [1.29, 1.82) is 0 Å². The molecule has 2 N–H and O–H groups in total. The number of nitrogens with one attached hydrogen (secondary N) is 2. The Morgan fingerprint density at radius 1 is 0.902 bits per heavy atom. The highest BCUT2D eigenvalue weighted by molar-refractivity contribution is 7.91. The summed E-state index contributed by atoms with van der Waals surface area (Å²) in [5.74, 6) is 5.87. The molecule has 2 aromatic heterocycles. The molecular formula is C32H29N5O3S. The lowest BCUT2D eigenvalue weighted by atomic mass is 9.92. The number of hydrogen-bond acceptors (Lipinski definition) is 6. The molecule has 0 saturated heterocycles. The number of pyridine rings is 1. The van der Waals surface area contributed by atoms with Gasteiger partial charge in [0.25, 0.3) is 5.91 Å². The van der Waals surface area contributed by atoms with Gasteiger partial charge in [-0.1, -0.05) is 75.1 Å². The molecule has 0 aliphatic rings. The fourth-order valence-electron chi connectivity index (χ4n) is 4.18. The van der Waals surface area contributed by atoms with Crippen molar-refractivity contribution >= 4 is 26.6 Å². The summed E-state index contributed by atoms with van der Waals surface area (Å²) < 4.78 is 26.4. The van der Waals surface area contributed by atoms with E-state index in [-0.39, 0.29) is 9.92 Å². The third-order valence-corrected chi connectivity index (χ3v) is 8.13. The number of amides is 1. The van der Waals surface area contributed by atoms with Crippen molar-refractivity contribution in [3.63, 3.8) is 0 Å². The van der Waals surface area contributed by atoms with Gasteiger partial charge in [0.2, 0.25) is 9.84 Å². The number of hydrazine groups is 1. The van der Waals surface area contributed by atoms with Gasteiger partial charge in [0.1, 0.15) is 0 Å². The first-order valence-corrected chi connectivity index (χ1v) is 14.5. The monoisotopic (exact) mass is 563 g/mol. The van der Waals surface area contributed by atoms with E-state index in [0.717, 1.165) is 22.0 Å². The lowest BCUT2D eigenvalue weighted by Gasteiger charge is -2.20. The summed E-state index contributed by atoms with van der Waals surface area (Å²) in [6, 6.07) is 24.7. The molecule has 0 unspecified atom stereocenters. The second-order valence-corrected chi connectivity index (χ2v) is 12.5. The van der Waals surface area contributed by atoms with Crippen LogP contribution in [0.1, 0.15) is 53.5 Å². The molecule has 0 atom stereocenters. The molecule has 0 spiro atoms. The number of aromatic nitrogens is 3. The summed E-state index contributed by atoms with van der Waals surface area (Å²) in [6.45, 7) is 7.72. The van der Waals surface area contributed by atoms with Crippen molar-refractivity contribution in [1.82, 2.24) is 20.3 Å². The molecule has 8 nitrogen and oxygen atoms in total. The van der Waals surface area contributed by atoms with Crippen LogP contribution in [0.5, 0.6) is 0 Å². The first-order valence-electron chi connectivity index (χ1n) is 13.0. The number of carbonyl (C=O) groups is 1. The first kappa shape index (κ1) is 27.6. The fraction of sp³-hybridized carbons (Fsp3) is 0.156. The Hall–Kier alpha value is -4.94. The Bertz CT molecular complexity index is 1930. The molecule has 1 amide bonds. The van der Waals surface area contributed by atoms with Crippen molar-refractivity contribution in [3.8, 4) is 11.8 Å². The van der Waals surface area contributed by atoms with E-state index in [1.807, 2.05) is 64.1 Å². The van der Waals surface area contributed by atoms with E-state index in [2.05, 4.69) is 32.9 Å². The second kappa shape index (κ2) is 10.9. The SMILES string of the molecule is Cc1ccc(C(=O)NNn2nc(S(=O)(=O)c3ccccc3)cc2C(C)(C)C)cc1C#Cc1cnc2ccccc2c1. The number of aryl methyl sites for hydroxylation is 1. The van der Waals surface area contributed by atoms with Crippen LogP contribution in [0.4, 0.5) is 0 Å². The molecule has 0 fully saturated rings. The number of rotatable bonds is 5. The number of carbonyl (C=O) groups excluding carboxylic acids is 1. The van der Waals surface area contributed by atoms with E-state index < -0.39 is 21.2 Å². The van der Waals surface area contributed by atoms with Gasteiger partial charge < -0.3 is 0 Å². The first-order chi connectivity index (χ1) is 19.5. The van der Waals surface area contributed by atoms with Crippen LogP contribution < -0.4 is 11.0 Å². The zero-order chi connectivity index (χ0) is 29.2. The van der Waals surface area contributed by atoms with Crippen LogP contribution in [-0.2, 0) is 15.3 Å². The van der Waals surface area contributed by atoms with E-state index in [1.54, 1.807) is 36.5 Å². The predicted octanol–water partition coefficient (Wildman–Crippen LogP) is 5.16. The number of sulfone groups is 1. The highest BCUT2D eigenvalue weighted by Gasteiger charge is 2.28. The molecule has 0 aliphatic heterocycles. The van der Waals surface area contributed by atoms with Crippen molar-refractivity contribution in [2.75, 3.05) is 5.53 Å². The summed E-state index contributed by atoms with van der Waals surface area (Å²) >= 11 is 0. The second-order valence-electron chi connectivity index (χ2n) is 10.6. The molecule has 2 heterocycles. The molecule has 0 aliphatic carbocycles. The number of nitrogens with zero attached hydrogens (tertiary/aromatic N) is 3. The Labute approximate surface area is 239 Å². The topological polar surface area (TPSA) is 106 Å². The zero-order valence-corrected chi connectivity index (χ0v) is 24.0. The molecule has 41 heavy (non-hydrogen) atoms. The molecule has 0 radical (unpaired) electrons. The predicted molar refractivity (Wildman–Crippen MR) is 159 cm³/mol. The summed E-state index contributed by atoms with van der Waals surface area (Å²) in [5, 5.41) is 5.17. The lowest BCUT2D eigenvalue weighted by Crippen LogP contribution is -2.38. The minimum absolute atomic E-state index is 0.119. The Morgan fingerprint density at radius 3 is 2.39 bits per heavy atom. The Balaban J connectivity index is 1.37. The molecule has 5 aromatic rings. The van der Waals surface area contributed by atoms with Gasteiger partial charge in [-0.25, -0.2) is 19.4 Å². The minimum atomic E-state index is -3.85. The summed E-state index contributed by atoms with van der Waals surface area (Å²) in [4.78, 5) is 19.0. The molecular weight excluding hydrogens is 534 g/mol. The summed E-state index contributed by atoms with van der Waals surface area (Å²) in [6.07, 6.45) is 1.73. The number of fused-ring (bicyclic) bond motifs is 1. The van der Waals surface area contributed by atoms with Crippen LogP contribution in [0.2, 0.25) is 0 Å². The standard InChI is InChI=1S/C32H29N5O3S/c1-22-14-16-26(19-24(22)17-15-23-18-25-10-8-9-13-28(25)33-21-23)31(38)34-36-37-29(32(2,3)4)20-30(35-37)41(39,40)27-11-6-5-7-12-27/h5-14,16,18-21,36H,1-4H3,(H,34,38). The van der Waals surface area contributed by atoms with Gasteiger partial charge in [-0.3, -0.25) is 9.78 Å². The molecule has 9 heteroatoms. The van der Waals surface area contributed by atoms with E-state index in [1.165, 1.54) is 23.0 Å². The summed E-state index contributed by atoms with van der Waals surface area (Å²) in [7, 11) is -3.85. The maximum atomic E-state index is 13.2. The molecule has 0 bridgehead atoms. The van der Waals surface area contributed by atoms with Crippen LogP contribution >= 0.6 is 0 Å². The highest BCUT2D eigenvalue weighted by Crippen LogP contribution is 2.27. The van der Waals surface area contributed by atoms with Crippen molar-refractivity contribution < 1.29 is 13.2 Å². The van der Waals surface area contributed by atoms with Crippen LogP contribution in [0.15, 0.2) is 101 Å². The number of benzene rings is 3. The van der Waals surface area contributed by atoms with Crippen LogP contribution in [0.3, 0.4) is 0 Å². The summed E-state index contributed by atoms with van der Waals surface area (Å²) in [5.41, 5.74) is 9.18. The Morgan fingerprint density at radius 2 is 1.63 bits per heavy atom. The van der Waals surface area contributed by atoms with Crippen LogP contribution in [-0.4, -0.2) is 29.2 Å². The lowest BCUT2D eigenvalue weighted by molar-refractivity contribution is 0.0955. The van der Waals surface area contributed by atoms with E-state index >= 15 is 0 Å². The average molecular weight is 564 g/mol. The molecule has 206 valence electrons. The van der Waals surface area contributed by atoms with E-state index in [4.69, 9.17) is 0 Å². The third kappa shape index (κ3) is 5.98. The van der Waals surface area contributed by atoms with Gasteiger partial charge in [-0.2, -0.15) is 4.79 Å².